The molecule has 0 aromatic heterocycles. The zero-order valence-corrected chi connectivity index (χ0v) is 8.33. The smallest absolute Gasteiger partial charge is 0.224 e. The van der Waals surface area contributed by atoms with E-state index in [1.807, 2.05) is 6.92 Å². The molecule has 0 saturated heterocycles. The number of ether oxygens (including phenoxy) is 2. The van der Waals surface area contributed by atoms with Crippen molar-refractivity contribution in [2.75, 3.05) is 33.9 Å². The maximum Gasteiger partial charge on any atom is 0.224 e. The summed E-state index contributed by atoms with van der Waals surface area (Å²) < 4.78 is 10.2. The maximum atomic E-state index is 9.54. The lowest BCUT2D eigenvalue weighted by molar-refractivity contribution is -0.271. The van der Waals surface area contributed by atoms with Gasteiger partial charge in [-0.05, 0) is 21.0 Å². The third kappa shape index (κ3) is 4.66. The molecule has 0 aliphatic heterocycles. The molecule has 0 aromatic rings. The summed E-state index contributed by atoms with van der Waals surface area (Å²) in [5.74, 6) is -1.20. The van der Waals surface area contributed by atoms with E-state index in [2.05, 4.69) is 0 Å². The minimum atomic E-state index is -1.20. The van der Waals surface area contributed by atoms with Crippen LogP contribution in [-0.2, 0) is 9.47 Å². The van der Waals surface area contributed by atoms with Crippen LogP contribution in [0.2, 0.25) is 0 Å². The second-order valence-corrected chi connectivity index (χ2v) is 2.87. The lowest BCUT2D eigenvalue weighted by atomic mass is 10.5. The Hall–Kier alpha value is -0.160. The van der Waals surface area contributed by atoms with E-state index >= 15 is 0 Å². The Balaban J connectivity index is 3.47. The van der Waals surface area contributed by atoms with Crippen LogP contribution in [0.5, 0.6) is 0 Å². The van der Waals surface area contributed by atoms with Gasteiger partial charge in [0.1, 0.15) is 0 Å². The monoisotopic (exact) mass is 177 g/mol. The summed E-state index contributed by atoms with van der Waals surface area (Å²) in [6.45, 7) is 5.11. The Bertz CT molecular complexity index is 115. The summed E-state index contributed by atoms with van der Waals surface area (Å²) in [7, 11) is 3.50. The molecule has 0 aliphatic carbocycles. The van der Waals surface area contributed by atoms with Crippen LogP contribution < -0.4 is 0 Å². The molecule has 12 heavy (non-hydrogen) atoms. The molecule has 0 aromatic carbocycles. The van der Waals surface area contributed by atoms with Gasteiger partial charge in [-0.25, -0.2) is 0 Å². The van der Waals surface area contributed by atoms with Gasteiger partial charge in [0.2, 0.25) is 5.91 Å². The molecule has 0 fully saturated rings. The molecule has 0 radical (unpaired) electrons. The van der Waals surface area contributed by atoms with Gasteiger partial charge in [0, 0.05) is 13.5 Å². The van der Waals surface area contributed by atoms with Crippen LogP contribution in [0.3, 0.4) is 0 Å². The Labute approximate surface area is 74.1 Å². The lowest BCUT2D eigenvalue weighted by Gasteiger charge is -2.30. The van der Waals surface area contributed by atoms with Gasteiger partial charge in [-0.2, -0.15) is 0 Å². The first-order valence-corrected chi connectivity index (χ1v) is 4.12. The van der Waals surface area contributed by atoms with Gasteiger partial charge in [-0.3, -0.25) is 4.90 Å². The summed E-state index contributed by atoms with van der Waals surface area (Å²) in [6, 6.07) is 0. The predicted octanol–water partition coefficient (Wildman–Crippen LogP) is 0.267. The summed E-state index contributed by atoms with van der Waals surface area (Å²) in [4.78, 5) is 1.60. The van der Waals surface area contributed by atoms with Crippen LogP contribution in [0.15, 0.2) is 0 Å². The highest BCUT2D eigenvalue weighted by Gasteiger charge is 2.22. The van der Waals surface area contributed by atoms with Crippen molar-refractivity contribution in [3.8, 4) is 0 Å². The quantitative estimate of drug-likeness (QED) is 0.467. The highest BCUT2D eigenvalue weighted by atomic mass is 16.7. The minimum absolute atomic E-state index is 0.402. The average Bonchev–Trinajstić information content (AvgIpc) is 1.98. The standard InChI is InChI=1S/C8H19NO3/c1-5-11-6-7-12-8(2,10)9(3)4/h10H,5-7H2,1-4H3. The molecule has 0 bridgehead atoms. The van der Waals surface area contributed by atoms with E-state index in [-0.39, 0.29) is 0 Å². The highest BCUT2D eigenvalue weighted by Crippen LogP contribution is 2.07. The number of nitrogens with zero attached hydrogens (tertiary/aromatic N) is 1. The van der Waals surface area contributed by atoms with Crippen LogP contribution in [0, 0.1) is 0 Å². The summed E-state index contributed by atoms with van der Waals surface area (Å²) in [6.07, 6.45) is 0. The summed E-state index contributed by atoms with van der Waals surface area (Å²) >= 11 is 0. The molecule has 0 rings (SSSR count). The molecular weight excluding hydrogens is 158 g/mol. The largest absolute Gasteiger partial charge is 0.379 e. The molecule has 0 heterocycles. The molecule has 4 nitrogen and oxygen atoms in total. The molecule has 1 unspecified atom stereocenters. The van der Waals surface area contributed by atoms with Crippen molar-refractivity contribution in [1.29, 1.82) is 0 Å². The molecule has 4 heteroatoms. The summed E-state index contributed by atoms with van der Waals surface area (Å²) in [5, 5.41) is 9.54. The van der Waals surface area contributed by atoms with E-state index in [9.17, 15) is 5.11 Å². The minimum Gasteiger partial charge on any atom is -0.379 e. The van der Waals surface area contributed by atoms with Gasteiger partial charge in [0.15, 0.2) is 0 Å². The molecule has 0 spiro atoms. The van der Waals surface area contributed by atoms with E-state index < -0.39 is 5.91 Å². The Morgan fingerprint density at radius 1 is 1.33 bits per heavy atom. The van der Waals surface area contributed by atoms with Crippen LogP contribution in [0.25, 0.3) is 0 Å². The van der Waals surface area contributed by atoms with Crippen molar-refractivity contribution in [3.63, 3.8) is 0 Å². The molecule has 0 saturated carbocycles. The third-order valence-electron chi connectivity index (χ3n) is 1.64. The van der Waals surface area contributed by atoms with E-state index in [0.717, 1.165) is 0 Å². The fraction of sp³-hybridized carbons (Fsp3) is 1.00. The van der Waals surface area contributed by atoms with Crippen LogP contribution >= 0.6 is 0 Å². The van der Waals surface area contributed by atoms with Gasteiger partial charge < -0.3 is 14.6 Å². The van der Waals surface area contributed by atoms with Crippen LogP contribution in [0.1, 0.15) is 13.8 Å². The van der Waals surface area contributed by atoms with Gasteiger partial charge in [-0.1, -0.05) is 0 Å². The molecule has 1 N–H and O–H groups in total. The van der Waals surface area contributed by atoms with Gasteiger partial charge >= 0.3 is 0 Å². The van der Waals surface area contributed by atoms with Crippen molar-refractivity contribution in [3.05, 3.63) is 0 Å². The number of hydrogen-bond donors (Lipinski definition) is 1. The maximum absolute atomic E-state index is 9.54. The summed E-state index contributed by atoms with van der Waals surface area (Å²) in [5.41, 5.74) is 0. The number of rotatable bonds is 6. The molecule has 74 valence electrons. The van der Waals surface area contributed by atoms with Gasteiger partial charge in [-0.15, -0.1) is 0 Å². The zero-order valence-electron chi connectivity index (χ0n) is 8.33. The number of aliphatic hydroxyl groups is 1. The lowest BCUT2D eigenvalue weighted by Crippen LogP contribution is -2.44. The molecule has 0 aliphatic rings. The average molecular weight is 177 g/mol. The Kier molecular flexibility index (Phi) is 5.41. The molecule has 1 atom stereocenters. The zero-order chi connectivity index (χ0) is 9.61. The topological polar surface area (TPSA) is 41.9 Å². The van der Waals surface area contributed by atoms with E-state index in [4.69, 9.17) is 9.47 Å². The second kappa shape index (κ2) is 5.48. The van der Waals surface area contributed by atoms with Crippen molar-refractivity contribution in [2.45, 2.75) is 19.8 Å². The first-order chi connectivity index (χ1) is 5.50. The van der Waals surface area contributed by atoms with Gasteiger partial charge in [0.05, 0.1) is 13.2 Å². The van der Waals surface area contributed by atoms with Crippen molar-refractivity contribution in [1.82, 2.24) is 4.90 Å². The third-order valence-corrected chi connectivity index (χ3v) is 1.64. The fourth-order valence-corrected chi connectivity index (χ4v) is 0.567. The fourth-order valence-electron chi connectivity index (χ4n) is 0.567. The predicted molar refractivity (Wildman–Crippen MR) is 46.8 cm³/mol. The number of hydrogen-bond acceptors (Lipinski definition) is 4. The Morgan fingerprint density at radius 2 is 1.92 bits per heavy atom. The molecular formula is C8H19NO3. The highest BCUT2D eigenvalue weighted by molar-refractivity contribution is 4.54. The van der Waals surface area contributed by atoms with Crippen LogP contribution in [0.4, 0.5) is 0 Å². The van der Waals surface area contributed by atoms with Gasteiger partial charge in [0.25, 0.3) is 0 Å². The second-order valence-electron chi connectivity index (χ2n) is 2.87. The van der Waals surface area contributed by atoms with E-state index in [1.54, 1.807) is 25.9 Å². The normalized spacial score (nSPS) is 16.5. The first-order valence-electron chi connectivity index (χ1n) is 4.12. The van der Waals surface area contributed by atoms with Crippen molar-refractivity contribution >= 4 is 0 Å². The Morgan fingerprint density at radius 3 is 2.33 bits per heavy atom. The SMILES string of the molecule is CCOCCOC(C)(O)N(C)C. The van der Waals surface area contributed by atoms with E-state index in [1.165, 1.54) is 0 Å². The van der Waals surface area contributed by atoms with Crippen molar-refractivity contribution in [2.24, 2.45) is 0 Å². The molecule has 0 amide bonds. The first kappa shape index (κ1) is 11.8. The van der Waals surface area contributed by atoms with Crippen molar-refractivity contribution < 1.29 is 14.6 Å². The van der Waals surface area contributed by atoms with Crippen LogP contribution in [-0.4, -0.2) is 49.8 Å². The van der Waals surface area contributed by atoms with E-state index in [0.29, 0.717) is 19.8 Å².